The summed E-state index contributed by atoms with van der Waals surface area (Å²) in [5, 5.41) is 2.66. The van der Waals surface area contributed by atoms with Crippen LogP contribution in [0.25, 0.3) is 0 Å². The SMILES string of the molecule is COC(=O)c1ccc(CN(C)C(=O)CCNC(=O)c2ccoc2)cc1. The molecule has 2 aromatic rings. The second-order valence-electron chi connectivity index (χ2n) is 5.46. The molecular weight excluding hydrogens is 324 g/mol. The molecule has 132 valence electrons. The van der Waals surface area contributed by atoms with Gasteiger partial charge < -0.3 is 19.4 Å². The smallest absolute Gasteiger partial charge is 0.337 e. The zero-order valence-electron chi connectivity index (χ0n) is 14.2. The van der Waals surface area contributed by atoms with E-state index >= 15 is 0 Å². The van der Waals surface area contributed by atoms with Crippen LogP contribution in [0.5, 0.6) is 0 Å². The molecule has 25 heavy (non-hydrogen) atoms. The van der Waals surface area contributed by atoms with E-state index in [4.69, 9.17) is 4.42 Å². The third-order valence-corrected chi connectivity index (χ3v) is 3.63. The molecule has 0 aliphatic heterocycles. The number of ether oxygens (including phenoxy) is 1. The molecule has 2 amide bonds. The fourth-order valence-electron chi connectivity index (χ4n) is 2.20. The van der Waals surface area contributed by atoms with Gasteiger partial charge in [-0.1, -0.05) is 12.1 Å². The molecule has 7 nitrogen and oxygen atoms in total. The molecule has 0 unspecified atom stereocenters. The van der Waals surface area contributed by atoms with Gasteiger partial charge in [-0.25, -0.2) is 4.79 Å². The highest BCUT2D eigenvalue weighted by Gasteiger charge is 2.12. The summed E-state index contributed by atoms with van der Waals surface area (Å²) in [7, 11) is 3.02. The Labute approximate surface area is 145 Å². The second kappa shape index (κ2) is 8.68. The number of nitrogens with one attached hydrogen (secondary N) is 1. The number of esters is 1. The first-order valence-electron chi connectivity index (χ1n) is 7.73. The van der Waals surface area contributed by atoms with Gasteiger partial charge in [0.2, 0.25) is 5.91 Å². The van der Waals surface area contributed by atoms with Crippen molar-refractivity contribution in [2.45, 2.75) is 13.0 Å². The van der Waals surface area contributed by atoms with Crippen LogP contribution in [0.4, 0.5) is 0 Å². The number of hydrogen-bond acceptors (Lipinski definition) is 5. The van der Waals surface area contributed by atoms with E-state index in [1.54, 1.807) is 42.3 Å². The third-order valence-electron chi connectivity index (χ3n) is 3.63. The summed E-state index contributed by atoms with van der Waals surface area (Å²) >= 11 is 0. The van der Waals surface area contributed by atoms with Crippen molar-refractivity contribution in [1.82, 2.24) is 10.2 Å². The molecule has 1 aromatic carbocycles. The first kappa shape index (κ1) is 18.3. The van der Waals surface area contributed by atoms with Gasteiger partial charge in [0.1, 0.15) is 6.26 Å². The molecule has 0 aliphatic carbocycles. The van der Waals surface area contributed by atoms with Crippen molar-refractivity contribution in [3.8, 4) is 0 Å². The lowest BCUT2D eigenvalue weighted by Crippen LogP contribution is -2.31. The molecule has 0 bridgehead atoms. The Hall–Kier alpha value is -3.09. The number of carbonyl (C=O) groups is 3. The number of carbonyl (C=O) groups excluding carboxylic acids is 3. The Morgan fingerprint density at radius 3 is 2.44 bits per heavy atom. The van der Waals surface area contributed by atoms with Crippen molar-refractivity contribution in [3.63, 3.8) is 0 Å². The number of methoxy groups -OCH3 is 1. The van der Waals surface area contributed by atoms with Crippen LogP contribution < -0.4 is 5.32 Å². The van der Waals surface area contributed by atoms with E-state index in [9.17, 15) is 14.4 Å². The van der Waals surface area contributed by atoms with Crippen LogP contribution in [0.3, 0.4) is 0 Å². The van der Waals surface area contributed by atoms with Gasteiger partial charge >= 0.3 is 5.97 Å². The van der Waals surface area contributed by atoms with Crippen LogP contribution in [0, 0.1) is 0 Å². The first-order chi connectivity index (χ1) is 12.0. The minimum Gasteiger partial charge on any atom is -0.472 e. The monoisotopic (exact) mass is 344 g/mol. The van der Waals surface area contributed by atoms with Crippen molar-refractivity contribution >= 4 is 17.8 Å². The lowest BCUT2D eigenvalue weighted by molar-refractivity contribution is -0.130. The lowest BCUT2D eigenvalue weighted by Gasteiger charge is -2.17. The molecule has 0 spiro atoms. The molecule has 1 N–H and O–H groups in total. The Morgan fingerprint density at radius 2 is 1.84 bits per heavy atom. The van der Waals surface area contributed by atoms with E-state index in [-0.39, 0.29) is 24.8 Å². The number of furan rings is 1. The lowest BCUT2D eigenvalue weighted by atomic mass is 10.1. The highest BCUT2D eigenvalue weighted by molar-refractivity contribution is 5.94. The summed E-state index contributed by atoms with van der Waals surface area (Å²) in [4.78, 5) is 36.8. The zero-order valence-corrected chi connectivity index (χ0v) is 14.2. The summed E-state index contributed by atoms with van der Waals surface area (Å²) in [5.41, 5.74) is 1.78. The molecule has 1 aromatic heterocycles. The fourth-order valence-corrected chi connectivity index (χ4v) is 2.20. The largest absolute Gasteiger partial charge is 0.472 e. The Kier molecular flexibility index (Phi) is 6.33. The van der Waals surface area contributed by atoms with Crippen molar-refractivity contribution in [1.29, 1.82) is 0 Å². The predicted octanol–water partition coefficient (Wildman–Crippen LogP) is 1.84. The van der Waals surface area contributed by atoms with Crippen molar-refractivity contribution in [2.24, 2.45) is 0 Å². The summed E-state index contributed by atoms with van der Waals surface area (Å²) in [6.45, 7) is 0.657. The number of hydrogen-bond donors (Lipinski definition) is 1. The Balaban J connectivity index is 1.78. The van der Waals surface area contributed by atoms with Gasteiger partial charge in [-0.3, -0.25) is 9.59 Å². The molecule has 0 aliphatic rings. The van der Waals surface area contributed by atoms with Gasteiger partial charge in [0, 0.05) is 26.6 Å². The maximum atomic E-state index is 12.1. The van der Waals surface area contributed by atoms with Crippen molar-refractivity contribution in [2.75, 3.05) is 20.7 Å². The number of amides is 2. The minimum absolute atomic E-state index is 0.0930. The van der Waals surface area contributed by atoms with Crippen LogP contribution in [-0.4, -0.2) is 43.4 Å². The predicted molar refractivity (Wildman–Crippen MR) is 89.9 cm³/mol. The van der Waals surface area contributed by atoms with E-state index in [2.05, 4.69) is 10.1 Å². The van der Waals surface area contributed by atoms with Crippen LogP contribution >= 0.6 is 0 Å². The van der Waals surface area contributed by atoms with E-state index < -0.39 is 5.97 Å². The van der Waals surface area contributed by atoms with Crippen LogP contribution in [0.15, 0.2) is 47.3 Å². The van der Waals surface area contributed by atoms with Gasteiger partial charge in [0.15, 0.2) is 0 Å². The van der Waals surface area contributed by atoms with Gasteiger partial charge in [0.25, 0.3) is 5.91 Å². The van der Waals surface area contributed by atoms with Crippen molar-refractivity contribution in [3.05, 3.63) is 59.5 Å². The minimum atomic E-state index is -0.399. The number of rotatable bonds is 7. The van der Waals surface area contributed by atoms with Gasteiger partial charge in [-0.05, 0) is 23.8 Å². The van der Waals surface area contributed by atoms with E-state index in [1.807, 2.05) is 0 Å². The fraction of sp³-hybridized carbons (Fsp3) is 0.278. The standard InChI is InChI=1S/C18H20N2O5/c1-20(11-13-3-5-14(6-4-13)18(23)24-2)16(21)7-9-19-17(22)15-8-10-25-12-15/h3-6,8,10,12H,7,9,11H2,1-2H3,(H,19,22). The summed E-state index contributed by atoms with van der Waals surface area (Å²) in [6.07, 6.45) is 2.96. The maximum absolute atomic E-state index is 12.1. The first-order valence-corrected chi connectivity index (χ1v) is 7.73. The second-order valence-corrected chi connectivity index (χ2v) is 5.46. The zero-order chi connectivity index (χ0) is 18.2. The molecular formula is C18H20N2O5. The number of benzene rings is 1. The average Bonchev–Trinajstić information content (AvgIpc) is 3.16. The highest BCUT2D eigenvalue weighted by Crippen LogP contribution is 2.08. The molecule has 2 rings (SSSR count). The molecule has 0 saturated heterocycles. The quantitative estimate of drug-likeness (QED) is 0.774. The van der Waals surface area contributed by atoms with E-state index in [0.717, 1.165) is 5.56 Å². The number of nitrogens with zero attached hydrogens (tertiary/aromatic N) is 1. The third kappa shape index (κ3) is 5.20. The van der Waals surface area contributed by atoms with Gasteiger partial charge in [0.05, 0.1) is 24.5 Å². The highest BCUT2D eigenvalue weighted by atomic mass is 16.5. The van der Waals surface area contributed by atoms with Crippen LogP contribution in [-0.2, 0) is 16.1 Å². The summed E-state index contributed by atoms with van der Waals surface area (Å²) in [5.74, 6) is -0.767. The molecule has 0 radical (unpaired) electrons. The van der Waals surface area contributed by atoms with Gasteiger partial charge in [-0.15, -0.1) is 0 Å². The average molecular weight is 344 g/mol. The summed E-state index contributed by atoms with van der Waals surface area (Å²) in [6, 6.07) is 8.42. The van der Waals surface area contributed by atoms with Crippen LogP contribution in [0.2, 0.25) is 0 Å². The molecule has 0 saturated carbocycles. The summed E-state index contributed by atoms with van der Waals surface area (Å²) < 4.78 is 9.48. The maximum Gasteiger partial charge on any atom is 0.337 e. The Bertz CT molecular complexity index is 722. The molecule has 0 atom stereocenters. The van der Waals surface area contributed by atoms with Gasteiger partial charge in [-0.2, -0.15) is 0 Å². The normalized spacial score (nSPS) is 10.2. The van der Waals surface area contributed by atoms with E-state index in [0.29, 0.717) is 17.7 Å². The van der Waals surface area contributed by atoms with Crippen molar-refractivity contribution < 1.29 is 23.5 Å². The topological polar surface area (TPSA) is 88.9 Å². The molecule has 0 fully saturated rings. The van der Waals surface area contributed by atoms with E-state index in [1.165, 1.54) is 19.6 Å². The molecule has 1 heterocycles. The molecule has 7 heteroatoms. The van der Waals surface area contributed by atoms with Crippen LogP contribution in [0.1, 0.15) is 32.7 Å². The Morgan fingerprint density at radius 1 is 1.12 bits per heavy atom.